The lowest BCUT2D eigenvalue weighted by Crippen LogP contribution is -1.91. The van der Waals surface area contributed by atoms with E-state index in [-0.39, 0.29) is 0 Å². The fourth-order valence-electron chi connectivity index (χ4n) is 0.950. The van der Waals surface area contributed by atoms with Gasteiger partial charge in [-0.25, -0.2) is 4.98 Å². The monoisotopic (exact) mass is 184 g/mol. The normalized spacial score (nSPS) is 10.3. The Hall–Kier alpha value is -1.88. The van der Waals surface area contributed by atoms with E-state index in [0.717, 1.165) is 11.3 Å². The summed E-state index contributed by atoms with van der Waals surface area (Å²) in [6.45, 7) is 3.60. The maximum Gasteiger partial charge on any atom is 0.113 e. The van der Waals surface area contributed by atoms with E-state index in [4.69, 9.17) is 5.41 Å². The van der Waals surface area contributed by atoms with Crippen LogP contribution in [0, 0.1) is 17.3 Å². The van der Waals surface area contributed by atoms with Crippen molar-refractivity contribution >= 4 is 5.71 Å². The third-order valence-electron chi connectivity index (χ3n) is 1.68. The summed E-state index contributed by atoms with van der Waals surface area (Å²) in [5.41, 5.74) is 1.96. The molecule has 1 aromatic rings. The number of allylic oxidation sites excluding steroid dienone is 2. The average molecular weight is 184 g/mol. The molecule has 0 aliphatic heterocycles. The Bertz CT molecular complexity index is 405. The van der Waals surface area contributed by atoms with Crippen LogP contribution < -0.4 is 0 Å². The average Bonchev–Trinajstić information content (AvgIpc) is 2.20. The van der Waals surface area contributed by atoms with Crippen LogP contribution in [0.3, 0.4) is 0 Å². The van der Waals surface area contributed by atoms with Crippen LogP contribution in [0.4, 0.5) is 0 Å². The van der Waals surface area contributed by atoms with Crippen LogP contribution in [0.15, 0.2) is 36.0 Å². The van der Waals surface area contributed by atoms with Gasteiger partial charge in [0.05, 0.1) is 0 Å². The number of nitrogens with one attached hydrogen (secondary N) is 1. The van der Waals surface area contributed by atoms with Crippen LogP contribution in [0.2, 0.25) is 0 Å². The Morgan fingerprint density at radius 2 is 2.29 bits per heavy atom. The molecule has 0 bridgehead atoms. The minimum atomic E-state index is 0.482. The Morgan fingerprint density at radius 1 is 1.50 bits per heavy atom. The number of hydrogen-bond acceptors (Lipinski definition) is 2. The van der Waals surface area contributed by atoms with E-state index in [1.807, 2.05) is 31.2 Å². The molecule has 1 N–H and O–H groups in total. The molecule has 0 aromatic carbocycles. The second kappa shape index (κ2) is 4.98. The molecule has 1 heterocycles. The topological polar surface area (TPSA) is 36.7 Å². The van der Waals surface area contributed by atoms with E-state index < -0.39 is 0 Å². The van der Waals surface area contributed by atoms with E-state index in [9.17, 15) is 0 Å². The smallest absolute Gasteiger partial charge is 0.113 e. The van der Waals surface area contributed by atoms with Crippen molar-refractivity contribution in [2.45, 2.75) is 13.8 Å². The number of nitrogens with zero attached hydrogens (tertiary/aromatic N) is 1. The van der Waals surface area contributed by atoms with Gasteiger partial charge in [0.1, 0.15) is 5.69 Å². The molecule has 0 aliphatic carbocycles. The molecule has 0 atom stereocenters. The van der Waals surface area contributed by atoms with Gasteiger partial charge in [-0.05, 0) is 31.9 Å². The van der Waals surface area contributed by atoms with Gasteiger partial charge < -0.3 is 5.41 Å². The molecule has 0 spiro atoms. The highest BCUT2D eigenvalue weighted by Crippen LogP contribution is 1.95. The molecular formula is C12H12N2. The Balaban J connectivity index is 2.88. The molecule has 2 heteroatoms. The fraction of sp³-hybridized carbons (Fsp3) is 0.167. The van der Waals surface area contributed by atoms with Crippen molar-refractivity contribution in [1.29, 1.82) is 5.41 Å². The number of aromatic nitrogens is 1. The first-order valence-corrected chi connectivity index (χ1v) is 4.39. The molecule has 14 heavy (non-hydrogen) atoms. The molecular weight excluding hydrogens is 172 g/mol. The van der Waals surface area contributed by atoms with Gasteiger partial charge >= 0.3 is 0 Å². The molecule has 1 rings (SSSR count). The van der Waals surface area contributed by atoms with Gasteiger partial charge in [0.15, 0.2) is 0 Å². The quantitative estimate of drug-likeness (QED) is 0.528. The first-order chi connectivity index (χ1) is 6.74. The molecule has 0 radical (unpaired) electrons. The van der Waals surface area contributed by atoms with Crippen molar-refractivity contribution in [3.8, 4) is 11.8 Å². The van der Waals surface area contributed by atoms with Gasteiger partial charge in [-0.15, -0.1) is 0 Å². The first-order valence-electron chi connectivity index (χ1n) is 4.39. The minimum absolute atomic E-state index is 0.482. The van der Waals surface area contributed by atoms with Crippen LogP contribution in [0.5, 0.6) is 0 Å². The second-order valence-electron chi connectivity index (χ2n) is 2.79. The lowest BCUT2D eigenvalue weighted by Gasteiger charge is -1.92. The summed E-state index contributed by atoms with van der Waals surface area (Å²) in [6, 6.07) is 5.59. The van der Waals surface area contributed by atoms with E-state index in [1.165, 1.54) is 0 Å². The lowest BCUT2D eigenvalue weighted by molar-refractivity contribution is 1.29. The summed E-state index contributed by atoms with van der Waals surface area (Å²) in [7, 11) is 0. The van der Waals surface area contributed by atoms with Crippen molar-refractivity contribution < 1.29 is 0 Å². The van der Waals surface area contributed by atoms with Gasteiger partial charge in [0, 0.05) is 17.5 Å². The summed E-state index contributed by atoms with van der Waals surface area (Å²) in [4.78, 5) is 4.07. The fourth-order valence-corrected chi connectivity index (χ4v) is 0.950. The predicted molar refractivity (Wildman–Crippen MR) is 58.3 cm³/mol. The zero-order valence-electron chi connectivity index (χ0n) is 8.33. The molecule has 0 saturated carbocycles. The summed E-state index contributed by atoms with van der Waals surface area (Å²) < 4.78 is 0. The Kier molecular flexibility index (Phi) is 3.63. The van der Waals surface area contributed by atoms with Crippen LogP contribution in [-0.4, -0.2) is 10.7 Å². The maximum atomic E-state index is 7.43. The van der Waals surface area contributed by atoms with Crippen LogP contribution in [0.25, 0.3) is 0 Å². The molecule has 0 amide bonds. The molecule has 0 fully saturated rings. The van der Waals surface area contributed by atoms with E-state index in [0.29, 0.717) is 5.71 Å². The highest BCUT2D eigenvalue weighted by Gasteiger charge is 1.92. The number of rotatable bonds is 1. The van der Waals surface area contributed by atoms with E-state index in [1.54, 1.807) is 13.1 Å². The lowest BCUT2D eigenvalue weighted by atomic mass is 10.1. The van der Waals surface area contributed by atoms with Gasteiger partial charge in [-0.2, -0.15) is 0 Å². The van der Waals surface area contributed by atoms with Crippen molar-refractivity contribution in [3.05, 3.63) is 41.7 Å². The maximum absolute atomic E-state index is 7.43. The van der Waals surface area contributed by atoms with Crippen LogP contribution >= 0.6 is 0 Å². The first kappa shape index (κ1) is 10.2. The third kappa shape index (κ3) is 2.87. The van der Waals surface area contributed by atoms with Crippen molar-refractivity contribution in [2.24, 2.45) is 0 Å². The zero-order chi connectivity index (χ0) is 10.4. The second-order valence-corrected chi connectivity index (χ2v) is 2.79. The SMILES string of the molecule is C/C=C(\C#Cc1ccccn1)C(C)=N. The Morgan fingerprint density at radius 3 is 2.79 bits per heavy atom. The molecule has 70 valence electrons. The highest BCUT2D eigenvalue weighted by atomic mass is 14.6. The predicted octanol–water partition coefficient (Wildman–Crippen LogP) is 2.42. The van der Waals surface area contributed by atoms with Crippen LogP contribution in [0.1, 0.15) is 19.5 Å². The molecule has 2 nitrogen and oxygen atoms in total. The van der Waals surface area contributed by atoms with Gasteiger partial charge in [0.2, 0.25) is 0 Å². The standard InChI is InChI=1S/C12H12N2/c1-3-11(10(2)13)7-8-12-6-4-5-9-14-12/h3-6,9,13H,1-2H3/b11-3+,13-10?. The van der Waals surface area contributed by atoms with Gasteiger partial charge in [-0.1, -0.05) is 18.1 Å². The molecule has 0 saturated heterocycles. The van der Waals surface area contributed by atoms with Crippen molar-refractivity contribution in [1.82, 2.24) is 4.98 Å². The van der Waals surface area contributed by atoms with Gasteiger partial charge in [0.25, 0.3) is 0 Å². The summed E-state index contributed by atoms with van der Waals surface area (Å²) >= 11 is 0. The summed E-state index contributed by atoms with van der Waals surface area (Å²) in [6.07, 6.45) is 3.54. The molecule has 1 aromatic heterocycles. The van der Waals surface area contributed by atoms with E-state index in [2.05, 4.69) is 16.8 Å². The molecule has 0 aliphatic rings. The Labute approximate surface area is 84.2 Å². The van der Waals surface area contributed by atoms with Crippen molar-refractivity contribution in [2.75, 3.05) is 0 Å². The van der Waals surface area contributed by atoms with E-state index >= 15 is 0 Å². The van der Waals surface area contributed by atoms with Gasteiger partial charge in [-0.3, -0.25) is 0 Å². The highest BCUT2D eigenvalue weighted by molar-refractivity contribution is 5.99. The van der Waals surface area contributed by atoms with Crippen molar-refractivity contribution in [3.63, 3.8) is 0 Å². The minimum Gasteiger partial charge on any atom is -0.304 e. The zero-order valence-corrected chi connectivity index (χ0v) is 8.33. The summed E-state index contributed by atoms with van der Waals surface area (Å²) in [5.74, 6) is 5.82. The number of hydrogen-bond donors (Lipinski definition) is 1. The largest absolute Gasteiger partial charge is 0.304 e. The third-order valence-corrected chi connectivity index (χ3v) is 1.68. The number of pyridine rings is 1. The van der Waals surface area contributed by atoms with Crippen LogP contribution in [-0.2, 0) is 0 Å². The summed E-state index contributed by atoms with van der Waals surface area (Å²) in [5, 5.41) is 7.43. The molecule has 0 unspecified atom stereocenters.